The fourth-order valence-electron chi connectivity index (χ4n) is 3.54. The fourth-order valence-corrected chi connectivity index (χ4v) is 3.54. The quantitative estimate of drug-likeness (QED) is 0.889. The predicted octanol–water partition coefficient (Wildman–Crippen LogP) is 1.96. The number of fused-ring (bicyclic) bond motifs is 1. The van der Waals surface area contributed by atoms with Crippen molar-refractivity contribution < 1.29 is 19.5 Å². The molecule has 3 rings (SSSR count). The number of carboxylic acids is 1. The molecule has 2 aliphatic rings. The van der Waals surface area contributed by atoms with E-state index in [1.807, 2.05) is 13.8 Å². The number of anilines is 1. The molecule has 0 saturated heterocycles. The second-order valence-corrected chi connectivity index (χ2v) is 6.74. The molecule has 1 fully saturated rings. The molecule has 1 heterocycles. The molecular formula is C17H20N2O4. The van der Waals surface area contributed by atoms with E-state index in [0.29, 0.717) is 24.2 Å². The Morgan fingerprint density at radius 2 is 2.09 bits per heavy atom. The third kappa shape index (κ3) is 2.20. The molecule has 2 unspecified atom stereocenters. The Hall–Kier alpha value is -2.37. The molecule has 2 N–H and O–H groups in total. The topological polar surface area (TPSA) is 86.7 Å². The summed E-state index contributed by atoms with van der Waals surface area (Å²) in [7, 11) is 1.71. The number of carbonyl (C=O) groups excluding carboxylic acids is 2. The SMILES string of the molecule is CC(C)C1(C(=O)O)CC1C(=O)Nc1cccc2c1CN(C)C2=O. The van der Waals surface area contributed by atoms with Crippen LogP contribution in [0, 0.1) is 17.3 Å². The normalized spacial score (nSPS) is 25.5. The van der Waals surface area contributed by atoms with Gasteiger partial charge in [0.1, 0.15) is 0 Å². The van der Waals surface area contributed by atoms with Gasteiger partial charge >= 0.3 is 5.97 Å². The predicted molar refractivity (Wildman–Crippen MR) is 83.9 cm³/mol. The van der Waals surface area contributed by atoms with E-state index >= 15 is 0 Å². The van der Waals surface area contributed by atoms with Crippen LogP contribution in [0.2, 0.25) is 0 Å². The average Bonchev–Trinajstić information content (AvgIpc) is 3.19. The third-order valence-electron chi connectivity index (χ3n) is 5.15. The smallest absolute Gasteiger partial charge is 0.310 e. The van der Waals surface area contributed by atoms with Crippen LogP contribution in [0.1, 0.15) is 36.2 Å². The second-order valence-electron chi connectivity index (χ2n) is 6.74. The van der Waals surface area contributed by atoms with Crippen LogP contribution in [0.4, 0.5) is 5.69 Å². The van der Waals surface area contributed by atoms with Gasteiger partial charge in [0.25, 0.3) is 5.91 Å². The van der Waals surface area contributed by atoms with Crippen molar-refractivity contribution in [2.24, 2.45) is 17.3 Å². The van der Waals surface area contributed by atoms with Crippen LogP contribution < -0.4 is 5.32 Å². The van der Waals surface area contributed by atoms with Gasteiger partial charge in [-0.25, -0.2) is 0 Å². The van der Waals surface area contributed by atoms with Crippen molar-refractivity contribution >= 4 is 23.5 Å². The minimum Gasteiger partial charge on any atom is -0.481 e. The van der Waals surface area contributed by atoms with Gasteiger partial charge in [-0.05, 0) is 24.5 Å². The summed E-state index contributed by atoms with van der Waals surface area (Å²) in [5, 5.41) is 12.3. The Morgan fingerprint density at radius 1 is 1.39 bits per heavy atom. The molecule has 0 radical (unpaired) electrons. The number of benzene rings is 1. The van der Waals surface area contributed by atoms with Crippen molar-refractivity contribution in [1.82, 2.24) is 4.90 Å². The van der Waals surface area contributed by atoms with E-state index in [0.717, 1.165) is 5.56 Å². The van der Waals surface area contributed by atoms with E-state index in [9.17, 15) is 19.5 Å². The van der Waals surface area contributed by atoms with E-state index < -0.39 is 17.3 Å². The lowest BCUT2D eigenvalue weighted by molar-refractivity contribution is -0.147. The first-order chi connectivity index (χ1) is 10.8. The zero-order chi connectivity index (χ0) is 16.9. The van der Waals surface area contributed by atoms with Gasteiger partial charge in [-0.3, -0.25) is 14.4 Å². The molecule has 1 aliphatic carbocycles. The molecule has 2 atom stereocenters. The second kappa shape index (κ2) is 5.08. The minimum absolute atomic E-state index is 0.0652. The number of carbonyl (C=O) groups is 3. The summed E-state index contributed by atoms with van der Waals surface area (Å²) < 4.78 is 0. The van der Waals surface area contributed by atoms with Gasteiger partial charge in [0.05, 0.1) is 11.3 Å². The first-order valence-corrected chi connectivity index (χ1v) is 7.70. The summed E-state index contributed by atoms with van der Waals surface area (Å²) in [5.74, 6) is -1.89. The zero-order valence-corrected chi connectivity index (χ0v) is 13.4. The van der Waals surface area contributed by atoms with Crippen LogP contribution in [0.15, 0.2) is 18.2 Å². The molecule has 0 spiro atoms. The Bertz CT molecular complexity index is 713. The van der Waals surface area contributed by atoms with Crippen molar-refractivity contribution in [3.63, 3.8) is 0 Å². The van der Waals surface area contributed by atoms with Crippen LogP contribution in [-0.2, 0) is 16.1 Å². The maximum Gasteiger partial charge on any atom is 0.310 e. The summed E-state index contributed by atoms with van der Waals surface area (Å²) >= 11 is 0. The molecule has 6 heteroatoms. The third-order valence-corrected chi connectivity index (χ3v) is 5.15. The van der Waals surface area contributed by atoms with Gasteiger partial charge in [0.2, 0.25) is 5.91 Å². The lowest BCUT2D eigenvalue weighted by Crippen LogP contribution is -2.29. The molecule has 1 aromatic carbocycles. The van der Waals surface area contributed by atoms with E-state index in [1.165, 1.54) is 0 Å². The van der Waals surface area contributed by atoms with Gasteiger partial charge in [0.15, 0.2) is 0 Å². The van der Waals surface area contributed by atoms with Crippen LogP contribution >= 0.6 is 0 Å². The lowest BCUT2D eigenvalue weighted by atomic mass is 9.89. The molecule has 6 nitrogen and oxygen atoms in total. The van der Waals surface area contributed by atoms with E-state index in [4.69, 9.17) is 0 Å². The number of nitrogens with zero attached hydrogens (tertiary/aromatic N) is 1. The number of rotatable bonds is 4. The average molecular weight is 316 g/mol. The van der Waals surface area contributed by atoms with Crippen molar-refractivity contribution in [2.45, 2.75) is 26.8 Å². The first-order valence-electron chi connectivity index (χ1n) is 7.70. The highest BCUT2D eigenvalue weighted by molar-refractivity contribution is 6.04. The highest BCUT2D eigenvalue weighted by atomic mass is 16.4. The van der Waals surface area contributed by atoms with Gasteiger partial charge in [-0.15, -0.1) is 0 Å². The van der Waals surface area contributed by atoms with Gasteiger partial charge in [-0.1, -0.05) is 19.9 Å². The van der Waals surface area contributed by atoms with Gasteiger partial charge in [-0.2, -0.15) is 0 Å². The number of hydrogen-bond donors (Lipinski definition) is 2. The maximum absolute atomic E-state index is 12.5. The van der Waals surface area contributed by atoms with E-state index in [2.05, 4.69) is 5.32 Å². The highest BCUT2D eigenvalue weighted by Gasteiger charge is 2.65. The van der Waals surface area contributed by atoms with Crippen LogP contribution in [0.5, 0.6) is 0 Å². The number of hydrogen-bond acceptors (Lipinski definition) is 3. The summed E-state index contributed by atoms with van der Waals surface area (Å²) in [4.78, 5) is 37.6. The summed E-state index contributed by atoms with van der Waals surface area (Å²) in [6, 6.07) is 5.22. The largest absolute Gasteiger partial charge is 0.481 e. The van der Waals surface area contributed by atoms with Gasteiger partial charge in [0, 0.05) is 30.4 Å². The molecule has 0 aromatic heterocycles. The Morgan fingerprint density at radius 3 is 2.65 bits per heavy atom. The summed E-state index contributed by atoms with van der Waals surface area (Å²) in [6.45, 7) is 4.11. The van der Waals surface area contributed by atoms with Gasteiger partial charge < -0.3 is 15.3 Å². The number of carboxylic acid groups (broad SMARTS) is 1. The zero-order valence-electron chi connectivity index (χ0n) is 13.4. The van der Waals surface area contributed by atoms with Crippen molar-refractivity contribution in [3.05, 3.63) is 29.3 Å². The number of aliphatic carboxylic acids is 1. The summed E-state index contributed by atoms with van der Waals surface area (Å²) in [5.41, 5.74) is 1.02. The molecular weight excluding hydrogens is 296 g/mol. The highest BCUT2D eigenvalue weighted by Crippen LogP contribution is 2.58. The van der Waals surface area contributed by atoms with Crippen LogP contribution in [-0.4, -0.2) is 34.8 Å². The molecule has 1 aliphatic heterocycles. The minimum atomic E-state index is -0.964. The van der Waals surface area contributed by atoms with E-state index in [1.54, 1.807) is 30.1 Å². The monoisotopic (exact) mass is 316 g/mol. The number of amides is 2. The Labute approximate surface area is 134 Å². The number of nitrogens with one attached hydrogen (secondary N) is 1. The summed E-state index contributed by atoms with van der Waals surface area (Å²) in [6.07, 6.45) is 0.361. The van der Waals surface area contributed by atoms with Crippen LogP contribution in [0.3, 0.4) is 0 Å². The molecule has 1 saturated carbocycles. The van der Waals surface area contributed by atoms with Crippen molar-refractivity contribution in [3.8, 4) is 0 Å². The fraction of sp³-hybridized carbons (Fsp3) is 0.471. The van der Waals surface area contributed by atoms with Crippen molar-refractivity contribution in [1.29, 1.82) is 0 Å². The van der Waals surface area contributed by atoms with E-state index in [-0.39, 0.29) is 17.7 Å². The lowest BCUT2D eigenvalue weighted by Gasteiger charge is -2.17. The molecule has 0 bridgehead atoms. The molecule has 23 heavy (non-hydrogen) atoms. The standard InChI is InChI=1S/C17H20N2O4/c1-9(2)17(16(22)23)7-12(17)14(20)18-13-6-4-5-10-11(13)8-19(3)15(10)21/h4-6,9,12H,7-8H2,1-3H3,(H,18,20)(H,22,23). The van der Waals surface area contributed by atoms with Crippen LogP contribution in [0.25, 0.3) is 0 Å². The van der Waals surface area contributed by atoms with Crippen molar-refractivity contribution in [2.75, 3.05) is 12.4 Å². The Balaban J connectivity index is 1.82. The first kappa shape index (κ1) is 15.5. The Kier molecular flexibility index (Phi) is 3.43. The molecule has 122 valence electrons. The molecule has 2 amide bonds. The molecule has 1 aromatic rings. The maximum atomic E-state index is 12.5.